The minimum atomic E-state index is 0.301. The first-order valence-corrected chi connectivity index (χ1v) is 9.25. The van der Waals surface area contributed by atoms with Crippen LogP contribution in [0.3, 0.4) is 0 Å². The van der Waals surface area contributed by atoms with Gasteiger partial charge in [-0.1, -0.05) is 24.6 Å². The molecular weight excluding hydrogens is 298 g/mol. The molecule has 2 bridgehead atoms. The maximum atomic E-state index is 12.7. The lowest BCUT2D eigenvalue weighted by Gasteiger charge is -2.36. The van der Waals surface area contributed by atoms with Crippen LogP contribution in [0.5, 0.6) is 0 Å². The number of nitrogens with zero attached hydrogens (tertiary/aromatic N) is 3. The Bertz CT molecular complexity index is 661. The number of rotatable bonds is 3. The van der Waals surface area contributed by atoms with Crippen LogP contribution in [0.1, 0.15) is 43.2 Å². The fourth-order valence-electron chi connectivity index (χ4n) is 4.45. The van der Waals surface area contributed by atoms with Gasteiger partial charge >= 0.3 is 0 Å². The number of fused-ring (bicyclic) bond motifs is 4. The van der Waals surface area contributed by atoms with Crippen LogP contribution in [-0.2, 0) is 11.3 Å². The summed E-state index contributed by atoms with van der Waals surface area (Å²) in [5.41, 5.74) is 1.89. The van der Waals surface area contributed by atoms with Gasteiger partial charge in [0.25, 0.3) is 0 Å². The van der Waals surface area contributed by atoms with Crippen LogP contribution in [0, 0.1) is 23.2 Å². The summed E-state index contributed by atoms with van der Waals surface area (Å²) >= 11 is 0. The zero-order valence-corrected chi connectivity index (χ0v) is 14.2. The first-order valence-electron chi connectivity index (χ1n) is 9.25. The molecule has 3 aliphatic heterocycles. The predicted octanol–water partition coefficient (Wildman–Crippen LogP) is 2.78. The quantitative estimate of drug-likeness (QED) is 0.859. The SMILES string of the molecule is N#Cc1ccccc1CN1C[C@H]2CC[C@@H]1CN(C(=O)C1CCC1)C2. The number of nitriles is 1. The molecule has 4 nitrogen and oxygen atoms in total. The molecule has 0 unspecified atom stereocenters. The molecule has 0 N–H and O–H groups in total. The van der Waals surface area contributed by atoms with Gasteiger partial charge in [-0.05, 0) is 43.2 Å². The summed E-state index contributed by atoms with van der Waals surface area (Å²) in [5, 5.41) is 9.32. The van der Waals surface area contributed by atoms with Crippen LogP contribution in [0.25, 0.3) is 0 Å². The monoisotopic (exact) mass is 323 g/mol. The fraction of sp³-hybridized carbons (Fsp3) is 0.600. The molecular formula is C20H25N3O. The van der Waals surface area contributed by atoms with Crippen LogP contribution in [0.15, 0.2) is 24.3 Å². The van der Waals surface area contributed by atoms with Gasteiger partial charge in [-0.15, -0.1) is 0 Å². The van der Waals surface area contributed by atoms with E-state index in [-0.39, 0.29) is 0 Å². The Kier molecular flexibility index (Phi) is 4.28. The lowest BCUT2D eigenvalue weighted by atomic mass is 9.84. The maximum absolute atomic E-state index is 12.7. The molecule has 3 saturated heterocycles. The molecule has 1 saturated carbocycles. The van der Waals surface area contributed by atoms with Crippen molar-refractivity contribution in [1.29, 1.82) is 5.26 Å². The standard InChI is InChI=1S/C20H25N3O/c21-10-17-4-1-2-5-18(17)13-22-11-15-8-9-19(22)14-23(12-15)20(24)16-6-3-7-16/h1-2,4-5,15-16,19H,3,6-9,11-14H2/t15-,19-/m1/s1. The molecule has 0 spiro atoms. The second kappa shape index (κ2) is 6.57. The first-order chi connectivity index (χ1) is 11.7. The summed E-state index contributed by atoms with van der Waals surface area (Å²) in [6.45, 7) is 3.69. The van der Waals surface area contributed by atoms with Crippen molar-refractivity contribution in [2.45, 2.75) is 44.7 Å². The minimum absolute atomic E-state index is 0.301. The minimum Gasteiger partial charge on any atom is -0.341 e. The van der Waals surface area contributed by atoms with Crippen molar-refractivity contribution in [2.24, 2.45) is 11.8 Å². The normalized spacial score (nSPS) is 27.4. The topological polar surface area (TPSA) is 47.3 Å². The van der Waals surface area contributed by atoms with Crippen molar-refractivity contribution in [2.75, 3.05) is 19.6 Å². The molecule has 24 heavy (non-hydrogen) atoms. The highest BCUT2D eigenvalue weighted by molar-refractivity contribution is 5.79. The third-order valence-corrected chi connectivity index (χ3v) is 6.10. The predicted molar refractivity (Wildman–Crippen MR) is 92.0 cm³/mol. The van der Waals surface area contributed by atoms with E-state index < -0.39 is 0 Å². The molecule has 4 heteroatoms. The van der Waals surface area contributed by atoms with E-state index in [4.69, 9.17) is 0 Å². The Balaban J connectivity index is 1.48. The number of hydrogen-bond donors (Lipinski definition) is 0. The molecule has 1 amide bonds. The van der Waals surface area contributed by atoms with Gasteiger partial charge in [0.1, 0.15) is 0 Å². The van der Waals surface area contributed by atoms with Crippen molar-refractivity contribution < 1.29 is 4.79 Å². The Labute approximate surface area is 144 Å². The van der Waals surface area contributed by atoms with Crippen molar-refractivity contribution in [3.05, 3.63) is 35.4 Å². The zero-order valence-electron chi connectivity index (χ0n) is 14.2. The summed E-state index contributed by atoms with van der Waals surface area (Å²) < 4.78 is 0. The van der Waals surface area contributed by atoms with E-state index >= 15 is 0 Å². The van der Waals surface area contributed by atoms with Gasteiger partial charge in [-0.3, -0.25) is 9.69 Å². The summed E-state index contributed by atoms with van der Waals surface area (Å²) in [6, 6.07) is 10.7. The summed E-state index contributed by atoms with van der Waals surface area (Å²) in [6.07, 6.45) is 5.80. The second-order valence-corrected chi connectivity index (χ2v) is 7.67. The molecule has 0 aromatic heterocycles. The summed E-state index contributed by atoms with van der Waals surface area (Å²) in [5.74, 6) is 1.29. The fourth-order valence-corrected chi connectivity index (χ4v) is 4.45. The van der Waals surface area contributed by atoms with Crippen molar-refractivity contribution in [1.82, 2.24) is 9.80 Å². The summed E-state index contributed by atoms with van der Waals surface area (Å²) in [7, 11) is 0. The van der Waals surface area contributed by atoms with Crippen molar-refractivity contribution in [3.8, 4) is 6.07 Å². The largest absolute Gasteiger partial charge is 0.341 e. The average Bonchev–Trinajstić information content (AvgIpc) is 2.85. The van der Waals surface area contributed by atoms with E-state index in [9.17, 15) is 10.1 Å². The Morgan fingerprint density at radius 1 is 1.12 bits per heavy atom. The van der Waals surface area contributed by atoms with E-state index in [0.717, 1.165) is 50.1 Å². The van der Waals surface area contributed by atoms with E-state index in [1.807, 2.05) is 18.2 Å². The lowest BCUT2D eigenvalue weighted by molar-refractivity contribution is -0.138. The third-order valence-electron chi connectivity index (χ3n) is 6.10. The van der Waals surface area contributed by atoms with Crippen LogP contribution in [0.4, 0.5) is 0 Å². The third kappa shape index (κ3) is 2.93. The molecule has 4 aliphatic rings. The van der Waals surface area contributed by atoms with E-state index in [1.165, 1.54) is 19.3 Å². The van der Waals surface area contributed by atoms with Crippen LogP contribution >= 0.6 is 0 Å². The molecule has 4 fully saturated rings. The van der Waals surface area contributed by atoms with Crippen LogP contribution in [0.2, 0.25) is 0 Å². The van der Waals surface area contributed by atoms with E-state index in [2.05, 4.69) is 21.9 Å². The molecule has 3 heterocycles. The van der Waals surface area contributed by atoms with Gasteiger partial charge in [0.05, 0.1) is 11.6 Å². The molecule has 5 rings (SSSR count). The van der Waals surface area contributed by atoms with Gasteiger partial charge in [-0.25, -0.2) is 0 Å². The number of carbonyl (C=O) groups is 1. The highest BCUT2D eigenvalue weighted by Crippen LogP contribution is 2.33. The zero-order chi connectivity index (χ0) is 16.5. The highest BCUT2D eigenvalue weighted by atomic mass is 16.2. The van der Waals surface area contributed by atoms with Gasteiger partial charge in [0, 0.05) is 38.1 Å². The van der Waals surface area contributed by atoms with Gasteiger partial charge in [0.15, 0.2) is 0 Å². The summed E-state index contributed by atoms with van der Waals surface area (Å²) in [4.78, 5) is 17.3. The average molecular weight is 323 g/mol. The van der Waals surface area contributed by atoms with Gasteiger partial charge < -0.3 is 4.90 Å². The number of carbonyl (C=O) groups excluding carboxylic acids is 1. The number of amides is 1. The Morgan fingerprint density at radius 2 is 1.96 bits per heavy atom. The molecule has 2 atom stereocenters. The molecule has 126 valence electrons. The maximum Gasteiger partial charge on any atom is 0.225 e. The van der Waals surface area contributed by atoms with Crippen molar-refractivity contribution in [3.63, 3.8) is 0 Å². The second-order valence-electron chi connectivity index (χ2n) is 7.67. The van der Waals surface area contributed by atoms with E-state index in [1.54, 1.807) is 0 Å². The van der Waals surface area contributed by atoms with Crippen molar-refractivity contribution >= 4 is 5.91 Å². The Morgan fingerprint density at radius 3 is 2.71 bits per heavy atom. The molecule has 0 radical (unpaired) electrons. The van der Waals surface area contributed by atoms with Gasteiger partial charge in [-0.2, -0.15) is 5.26 Å². The van der Waals surface area contributed by atoms with Crippen LogP contribution < -0.4 is 0 Å². The number of hydrogen-bond acceptors (Lipinski definition) is 3. The number of piperidine rings is 1. The lowest BCUT2D eigenvalue weighted by Crippen LogP contribution is -2.45. The molecule has 1 aromatic carbocycles. The van der Waals surface area contributed by atoms with Crippen LogP contribution in [-0.4, -0.2) is 41.4 Å². The molecule has 1 aromatic rings. The molecule has 1 aliphatic carbocycles. The smallest absolute Gasteiger partial charge is 0.225 e. The number of benzene rings is 1. The van der Waals surface area contributed by atoms with Gasteiger partial charge in [0.2, 0.25) is 5.91 Å². The van der Waals surface area contributed by atoms with E-state index in [0.29, 0.717) is 23.8 Å². The Hall–Kier alpha value is -1.86. The first kappa shape index (κ1) is 15.7. The highest BCUT2D eigenvalue weighted by Gasteiger charge is 2.39.